The molecule has 0 saturated heterocycles. The summed E-state index contributed by atoms with van der Waals surface area (Å²) in [5.74, 6) is -0.0431. The maximum absolute atomic E-state index is 12.1. The van der Waals surface area contributed by atoms with Crippen molar-refractivity contribution >= 4 is 43.9 Å². The summed E-state index contributed by atoms with van der Waals surface area (Å²) < 4.78 is 1.09. The lowest BCUT2D eigenvalue weighted by Gasteiger charge is -2.00. The van der Waals surface area contributed by atoms with E-state index >= 15 is 0 Å². The van der Waals surface area contributed by atoms with Gasteiger partial charge in [-0.15, -0.1) is 11.3 Å². The van der Waals surface area contributed by atoms with Gasteiger partial charge in [0.1, 0.15) is 0 Å². The average Bonchev–Trinajstić information content (AvgIpc) is 2.94. The van der Waals surface area contributed by atoms with Gasteiger partial charge in [-0.1, -0.05) is 23.5 Å². The lowest BCUT2D eigenvalue weighted by molar-refractivity contribution is -0.115. The highest BCUT2D eigenvalue weighted by molar-refractivity contribution is 7.22. The highest BCUT2D eigenvalue weighted by atomic mass is 32.1. The number of nitrogens with zero attached hydrogens (tertiary/aromatic N) is 2. The van der Waals surface area contributed by atoms with Crippen LogP contribution in [0.5, 0.6) is 0 Å². The molecule has 2 aromatic heterocycles. The first-order valence-electron chi connectivity index (χ1n) is 6.62. The molecular formula is C15H15N3OS2. The van der Waals surface area contributed by atoms with Crippen LogP contribution in [-0.4, -0.2) is 15.9 Å². The van der Waals surface area contributed by atoms with Crippen molar-refractivity contribution in [2.45, 2.75) is 27.2 Å². The standard InChI is InChI=1S/C15H15N3OS2/c1-8-5-4-6-11-14(8)18-15(21-11)17-13(19)7-12-9(2)16-10(3)20-12/h4-6H,7H2,1-3H3,(H,17,18,19). The Morgan fingerprint density at radius 3 is 2.67 bits per heavy atom. The predicted molar refractivity (Wildman–Crippen MR) is 88.3 cm³/mol. The number of fused-ring (bicyclic) bond motifs is 1. The third kappa shape index (κ3) is 2.96. The molecule has 0 bridgehead atoms. The number of carbonyl (C=O) groups excluding carboxylic acids is 1. The number of aromatic nitrogens is 2. The van der Waals surface area contributed by atoms with Gasteiger partial charge in [-0.25, -0.2) is 9.97 Å². The van der Waals surface area contributed by atoms with E-state index in [1.807, 2.05) is 39.0 Å². The molecule has 0 spiro atoms. The minimum absolute atomic E-state index is 0.0431. The number of carbonyl (C=O) groups is 1. The third-order valence-corrected chi connectivity index (χ3v) is 5.20. The molecule has 108 valence electrons. The number of benzene rings is 1. The van der Waals surface area contributed by atoms with E-state index in [1.54, 1.807) is 11.3 Å². The molecule has 0 aliphatic carbocycles. The zero-order valence-electron chi connectivity index (χ0n) is 12.1. The highest BCUT2D eigenvalue weighted by Crippen LogP contribution is 2.28. The Kier molecular flexibility index (Phi) is 3.73. The Hall–Kier alpha value is -1.79. The molecule has 0 fully saturated rings. The van der Waals surface area contributed by atoms with Crippen LogP contribution in [-0.2, 0) is 11.2 Å². The van der Waals surface area contributed by atoms with Crippen molar-refractivity contribution in [3.05, 3.63) is 39.3 Å². The van der Waals surface area contributed by atoms with Gasteiger partial charge < -0.3 is 5.32 Å². The number of anilines is 1. The Bertz CT molecular complexity index is 820. The Morgan fingerprint density at radius 2 is 2.00 bits per heavy atom. The number of aryl methyl sites for hydroxylation is 3. The molecule has 0 atom stereocenters. The van der Waals surface area contributed by atoms with E-state index in [0.29, 0.717) is 11.6 Å². The first-order chi connectivity index (χ1) is 10.0. The summed E-state index contributed by atoms with van der Waals surface area (Å²) in [5, 5.41) is 4.54. The molecular weight excluding hydrogens is 302 g/mol. The van der Waals surface area contributed by atoms with Crippen molar-refractivity contribution in [2.75, 3.05) is 5.32 Å². The molecule has 2 heterocycles. The predicted octanol–water partition coefficient (Wildman–Crippen LogP) is 3.86. The molecule has 0 unspecified atom stereocenters. The average molecular weight is 317 g/mol. The minimum atomic E-state index is -0.0431. The van der Waals surface area contributed by atoms with Crippen LogP contribution in [0.2, 0.25) is 0 Å². The second kappa shape index (κ2) is 5.54. The van der Waals surface area contributed by atoms with Gasteiger partial charge in [0.2, 0.25) is 5.91 Å². The largest absolute Gasteiger partial charge is 0.302 e. The van der Waals surface area contributed by atoms with E-state index in [0.717, 1.165) is 31.4 Å². The van der Waals surface area contributed by atoms with Gasteiger partial charge >= 0.3 is 0 Å². The van der Waals surface area contributed by atoms with E-state index in [9.17, 15) is 4.79 Å². The summed E-state index contributed by atoms with van der Waals surface area (Å²) in [6.45, 7) is 5.92. The van der Waals surface area contributed by atoms with Crippen molar-refractivity contribution < 1.29 is 4.79 Å². The van der Waals surface area contributed by atoms with Crippen LogP contribution in [0, 0.1) is 20.8 Å². The maximum atomic E-state index is 12.1. The number of para-hydroxylation sites is 1. The Labute approximate surface area is 130 Å². The molecule has 1 N–H and O–H groups in total. The summed E-state index contributed by atoms with van der Waals surface area (Å²) in [6, 6.07) is 6.05. The molecule has 1 aromatic carbocycles. The van der Waals surface area contributed by atoms with Gasteiger partial charge in [-0.3, -0.25) is 4.79 Å². The van der Waals surface area contributed by atoms with Crippen LogP contribution in [0.4, 0.5) is 5.13 Å². The number of thiazole rings is 2. The molecule has 3 rings (SSSR count). The van der Waals surface area contributed by atoms with Crippen molar-refractivity contribution in [1.82, 2.24) is 9.97 Å². The number of hydrogen-bond donors (Lipinski definition) is 1. The second-order valence-corrected chi connectivity index (χ2v) is 7.23. The lowest BCUT2D eigenvalue weighted by Crippen LogP contribution is -2.14. The molecule has 0 saturated carbocycles. The van der Waals surface area contributed by atoms with Crippen molar-refractivity contribution in [1.29, 1.82) is 0 Å². The fourth-order valence-corrected chi connectivity index (χ4v) is 4.08. The number of rotatable bonds is 3. The van der Waals surface area contributed by atoms with E-state index < -0.39 is 0 Å². The summed E-state index contributed by atoms with van der Waals surface area (Å²) >= 11 is 3.08. The molecule has 3 aromatic rings. The van der Waals surface area contributed by atoms with Gasteiger partial charge in [0.25, 0.3) is 0 Å². The van der Waals surface area contributed by atoms with Gasteiger partial charge in [-0.05, 0) is 32.4 Å². The van der Waals surface area contributed by atoms with Crippen LogP contribution < -0.4 is 5.32 Å². The summed E-state index contributed by atoms with van der Waals surface area (Å²) in [5.41, 5.74) is 3.02. The van der Waals surface area contributed by atoms with Crippen LogP contribution in [0.3, 0.4) is 0 Å². The van der Waals surface area contributed by atoms with E-state index in [1.165, 1.54) is 11.3 Å². The smallest absolute Gasteiger partial charge is 0.231 e. The molecule has 0 aliphatic heterocycles. The Morgan fingerprint density at radius 1 is 1.19 bits per heavy atom. The molecule has 0 radical (unpaired) electrons. The monoisotopic (exact) mass is 317 g/mol. The lowest BCUT2D eigenvalue weighted by atomic mass is 10.2. The Balaban J connectivity index is 1.77. The van der Waals surface area contributed by atoms with Crippen LogP contribution in [0.1, 0.15) is 21.1 Å². The number of hydrogen-bond acceptors (Lipinski definition) is 5. The summed E-state index contributed by atoms with van der Waals surface area (Å²) in [7, 11) is 0. The van der Waals surface area contributed by atoms with Crippen LogP contribution in [0.15, 0.2) is 18.2 Å². The second-order valence-electron chi connectivity index (χ2n) is 4.91. The number of amides is 1. The van der Waals surface area contributed by atoms with Gasteiger partial charge in [0.15, 0.2) is 5.13 Å². The topological polar surface area (TPSA) is 54.9 Å². The zero-order valence-corrected chi connectivity index (χ0v) is 13.7. The minimum Gasteiger partial charge on any atom is -0.302 e. The quantitative estimate of drug-likeness (QED) is 0.798. The third-order valence-electron chi connectivity index (χ3n) is 3.19. The van der Waals surface area contributed by atoms with E-state index in [4.69, 9.17) is 0 Å². The normalized spacial score (nSPS) is 11.0. The fourth-order valence-electron chi connectivity index (χ4n) is 2.19. The van der Waals surface area contributed by atoms with E-state index in [2.05, 4.69) is 15.3 Å². The van der Waals surface area contributed by atoms with Crippen LogP contribution >= 0.6 is 22.7 Å². The first kappa shape index (κ1) is 14.2. The summed E-state index contributed by atoms with van der Waals surface area (Å²) in [6.07, 6.45) is 0.353. The molecule has 4 nitrogen and oxygen atoms in total. The van der Waals surface area contributed by atoms with Crippen LogP contribution in [0.25, 0.3) is 10.2 Å². The SMILES string of the molecule is Cc1nc(C)c(CC(=O)Nc2nc3c(C)cccc3s2)s1. The van der Waals surface area contributed by atoms with Gasteiger partial charge in [-0.2, -0.15) is 0 Å². The summed E-state index contributed by atoms with van der Waals surface area (Å²) in [4.78, 5) is 22.0. The first-order valence-corrected chi connectivity index (χ1v) is 8.25. The fraction of sp³-hybridized carbons (Fsp3) is 0.267. The van der Waals surface area contributed by atoms with E-state index in [-0.39, 0.29) is 5.91 Å². The zero-order chi connectivity index (χ0) is 15.0. The molecule has 6 heteroatoms. The molecule has 21 heavy (non-hydrogen) atoms. The van der Waals surface area contributed by atoms with Gasteiger partial charge in [0.05, 0.1) is 27.3 Å². The maximum Gasteiger partial charge on any atom is 0.231 e. The molecule has 1 amide bonds. The number of nitrogens with one attached hydrogen (secondary N) is 1. The van der Waals surface area contributed by atoms with Crippen molar-refractivity contribution in [3.8, 4) is 0 Å². The van der Waals surface area contributed by atoms with Crippen molar-refractivity contribution in [2.24, 2.45) is 0 Å². The van der Waals surface area contributed by atoms with Crippen molar-refractivity contribution in [3.63, 3.8) is 0 Å². The molecule has 0 aliphatic rings. The highest BCUT2D eigenvalue weighted by Gasteiger charge is 2.13. The van der Waals surface area contributed by atoms with Gasteiger partial charge in [0, 0.05) is 4.88 Å².